The van der Waals surface area contributed by atoms with Crippen LogP contribution in [0.5, 0.6) is 17.2 Å². The van der Waals surface area contributed by atoms with E-state index in [0.29, 0.717) is 23.7 Å². The van der Waals surface area contributed by atoms with Crippen molar-refractivity contribution < 1.29 is 27.4 Å². The number of sulfonamides is 1. The molecule has 1 aliphatic rings. The molecular weight excluding hydrogens is 420 g/mol. The third-order valence-electron chi connectivity index (χ3n) is 5.36. The number of benzene rings is 2. The first-order chi connectivity index (χ1) is 14.8. The Morgan fingerprint density at radius 2 is 1.68 bits per heavy atom. The Kier molecular flexibility index (Phi) is 7.07. The topological polar surface area (TPSA) is 94.2 Å². The fourth-order valence-electron chi connectivity index (χ4n) is 3.66. The molecule has 1 heterocycles. The molecule has 31 heavy (non-hydrogen) atoms. The maximum atomic E-state index is 13.4. The third kappa shape index (κ3) is 4.94. The maximum Gasteiger partial charge on any atom is 0.255 e. The lowest BCUT2D eigenvalue weighted by atomic mass is 10.1. The second-order valence-electron chi connectivity index (χ2n) is 7.38. The van der Waals surface area contributed by atoms with Crippen molar-refractivity contribution in [1.82, 2.24) is 4.31 Å². The van der Waals surface area contributed by atoms with Gasteiger partial charge >= 0.3 is 0 Å². The van der Waals surface area contributed by atoms with Crippen LogP contribution in [0.4, 0.5) is 5.69 Å². The molecular formula is C22H28N2O6S. The zero-order valence-electron chi connectivity index (χ0n) is 18.2. The van der Waals surface area contributed by atoms with Gasteiger partial charge in [-0.2, -0.15) is 4.31 Å². The molecule has 2 aromatic rings. The first-order valence-corrected chi connectivity index (χ1v) is 11.5. The maximum absolute atomic E-state index is 13.4. The average molecular weight is 449 g/mol. The quantitative estimate of drug-likeness (QED) is 0.696. The van der Waals surface area contributed by atoms with E-state index in [2.05, 4.69) is 5.32 Å². The molecule has 168 valence electrons. The van der Waals surface area contributed by atoms with Crippen molar-refractivity contribution in [2.75, 3.05) is 33.2 Å². The Labute approximate surface area is 183 Å². The summed E-state index contributed by atoms with van der Waals surface area (Å²) in [7, 11) is 0.630. The van der Waals surface area contributed by atoms with Gasteiger partial charge in [0.1, 0.15) is 22.1 Å². The summed E-state index contributed by atoms with van der Waals surface area (Å²) in [5, 5.41) is 2.76. The number of nitrogens with zero attached hydrogens (tertiary/aromatic N) is 1. The van der Waals surface area contributed by atoms with E-state index in [1.54, 1.807) is 18.2 Å². The summed E-state index contributed by atoms with van der Waals surface area (Å²) in [5.74, 6) is 0.789. The van der Waals surface area contributed by atoms with E-state index in [9.17, 15) is 13.2 Å². The van der Waals surface area contributed by atoms with Crippen LogP contribution >= 0.6 is 0 Å². The molecule has 1 amide bonds. The minimum Gasteiger partial charge on any atom is -0.497 e. The van der Waals surface area contributed by atoms with E-state index in [0.717, 1.165) is 19.3 Å². The molecule has 0 saturated carbocycles. The van der Waals surface area contributed by atoms with Crippen molar-refractivity contribution in [3.8, 4) is 17.2 Å². The number of carbonyl (C=O) groups is 1. The minimum absolute atomic E-state index is 0.0142. The summed E-state index contributed by atoms with van der Waals surface area (Å²) in [4.78, 5) is 12.9. The number of methoxy groups -OCH3 is 3. The number of piperidine rings is 1. The molecule has 0 spiro atoms. The van der Waals surface area contributed by atoms with Gasteiger partial charge in [0.25, 0.3) is 5.91 Å². The van der Waals surface area contributed by atoms with Gasteiger partial charge in [-0.1, -0.05) is 6.42 Å². The van der Waals surface area contributed by atoms with Crippen LogP contribution in [0.2, 0.25) is 0 Å². The summed E-state index contributed by atoms with van der Waals surface area (Å²) in [5.41, 5.74) is 0.664. The van der Waals surface area contributed by atoms with Crippen molar-refractivity contribution in [3.05, 3.63) is 42.0 Å². The van der Waals surface area contributed by atoms with E-state index in [-0.39, 0.29) is 22.3 Å². The van der Waals surface area contributed by atoms with Crippen molar-refractivity contribution in [2.24, 2.45) is 0 Å². The van der Waals surface area contributed by atoms with Crippen LogP contribution in [0, 0.1) is 0 Å². The normalized spacial score (nSPS) is 17.1. The highest BCUT2D eigenvalue weighted by atomic mass is 32.2. The number of rotatable bonds is 7. The molecule has 0 aliphatic carbocycles. The Hall–Kier alpha value is -2.78. The van der Waals surface area contributed by atoms with Gasteiger partial charge in [0, 0.05) is 42.0 Å². The highest BCUT2D eigenvalue weighted by Gasteiger charge is 2.33. The highest BCUT2D eigenvalue weighted by Crippen LogP contribution is 2.32. The van der Waals surface area contributed by atoms with E-state index < -0.39 is 15.9 Å². The molecule has 1 N–H and O–H groups in total. The molecule has 0 radical (unpaired) electrons. The summed E-state index contributed by atoms with van der Waals surface area (Å²) in [6.45, 7) is 2.35. The summed E-state index contributed by atoms with van der Waals surface area (Å²) >= 11 is 0. The van der Waals surface area contributed by atoms with Crippen LogP contribution in [-0.2, 0) is 10.0 Å². The van der Waals surface area contributed by atoms with E-state index in [1.165, 1.54) is 43.8 Å². The van der Waals surface area contributed by atoms with Crippen LogP contribution in [-0.4, -0.2) is 52.5 Å². The number of hydrogen-bond donors (Lipinski definition) is 1. The standard InChI is InChI=1S/C22H28N2O6S/c1-15-7-5-6-10-24(15)31(26,27)21-11-16(8-9-20(21)30-4)22(25)23-17-12-18(28-2)14-19(13-17)29-3/h8-9,11-15H,5-7,10H2,1-4H3,(H,23,25). The molecule has 9 heteroatoms. The largest absolute Gasteiger partial charge is 0.497 e. The predicted octanol–water partition coefficient (Wildman–Crippen LogP) is 3.53. The molecule has 8 nitrogen and oxygen atoms in total. The zero-order valence-corrected chi connectivity index (χ0v) is 19.0. The summed E-state index contributed by atoms with van der Waals surface area (Å²) in [6, 6.07) is 9.28. The smallest absolute Gasteiger partial charge is 0.255 e. The molecule has 2 aromatic carbocycles. The van der Waals surface area contributed by atoms with Gasteiger partial charge in [0.05, 0.1) is 21.3 Å². The summed E-state index contributed by atoms with van der Waals surface area (Å²) < 4.78 is 44.0. The van der Waals surface area contributed by atoms with Crippen molar-refractivity contribution in [3.63, 3.8) is 0 Å². The van der Waals surface area contributed by atoms with Gasteiger partial charge < -0.3 is 19.5 Å². The fraction of sp³-hybridized carbons (Fsp3) is 0.409. The Morgan fingerprint density at radius 1 is 1.00 bits per heavy atom. The Morgan fingerprint density at radius 3 is 2.26 bits per heavy atom. The lowest BCUT2D eigenvalue weighted by Gasteiger charge is -2.32. The Balaban J connectivity index is 1.94. The average Bonchev–Trinajstić information content (AvgIpc) is 2.78. The highest BCUT2D eigenvalue weighted by molar-refractivity contribution is 7.89. The number of anilines is 1. The van der Waals surface area contributed by atoms with Crippen molar-refractivity contribution in [2.45, 2.75) is 37.1 Å². The lowest BCUT2D eigenvalue weighted by Crippen LogP contribution is -2.42. The molecule has 1 atom stereocenters. The molecule has 1 aliphatic heterocycles. The molecule has 0 aromatic heterocycles. The lowest BCUT2D eigenvalue weighted by molar-refractivity contribution is 0.102. The number of hydrogen-bond acceptors (Lipinski definition) is 6. The Bertz CT molecular complexity index is 1030. The number of ether oxygens (including phenoxy) is 3. The van der Waals surface area contributed by atoms with Gasteiger partial charge in [-0.3, -0.25) is 4.79 Å². The van der Waals surface area contributed by atoms with Gasteiger partial charge in [0.2, 0.25) is 10.0 Å². The van der Waals surface area contributed by atoms with Gasteiger partial charge in [-0.05, 0) is 38.0 Å². The minimum atomic E-state index is -3.82. The van der Waals surface area contributed by atoms with Gasteiger partial charge in [0.15, 0.2) is 0 Å². The number of carbonyl (C=O) groups excluding carboxylic acids is 1. The van der Waals surface area contributed by atoms with Crippen LogP contribution < -0.4 is 19.5 Å². The molecule has 1 saturated heterocycles. The van der Waals surface area contributed by atoms with E-state index >= 15 is 0 Å². The number of nitrogens with one attached hydrogen (secondary N) is 1. The van der Waals surface area contributed by atoms with Crippen molar-refractivity contribution in [1.29, 1.82) is 0 Å². The molecule has 1 unspecified atom stereocenters. The fourth-order valence-corrected chi connectivity index (χ4v) is 5.54. The van der Waals surface area contributed by atoms with Crippen LogP contribution in [0.15, 0.2) is 41.3 Å². The SMILES string of the molecule is COc1cc(NC(=O)c2ccc(OC)c(S(=O)(=O)N3CCCCC3C)c2)cc(OC)c1. The zero-order chi connectivity index (χ0) is 22.6. The van der Waals surface area contributed by atoms with Crippen LogP contribution in [0.3, 0.4) is 0 Å². The van der Waals surface area contributed by atoms with Crippen LogP contribution in [0.25, 0.3) is 0 Å². The van der Waals surface area contributed by atoms with E-state index in [4.69, 9.17) is 14.2 Å². The number of amides is 1. The summed E-state index contributed by atoms with van der Waals surface area (Å²) in [6.07, 6.45) is 2.61. The second-order valence-corrected chi connectivity index (χ2v) is 9.24. The molecule has 0 bridgehead atoms. The first kappa shape index (κ1) is 22.9. The van der Waals surface area contributed by atoms with E-state index in [1.807, 2.05) is 6.92 Å². The molecule has 3 rings (SSSR count). The predicted molar refractivity (Wildman–Crippen MR) is 118 cm³/mol. The van der Waals surface area contributed by atoms with Crippen LogP contribution in [0.1, 0.15) is 36.5 Å². The first-order valence-electron chi connectivity index (χ1n) is 10.0. The monoisotopic (exact) mass is 448 g/mol. The van der Waals surface area contributed by atoms with Gasteiger partial charge in [-0.25, -0.2) is 8.42 Å². The second kappa shape index (κ2) is 9.57. The van der Waals surface area contributed by atoms with Crippen molar-refractivity contribution >= 4 is 21.6 Å². The van der Waals surface area contributed by atoms with Gasteiger partial charge in [-0.15, -0.1) is 0 Å². The third-order valence-corrected chi connectivity index (χ3v) is 7.40. The molecule has 1 fully saturated rings.